The highest BCUT2D eigenvalue weighted by Crippen LogP contribution is 2.33. The number of nitrogens with two attached hydrogens (primary N) is 1. The number of benzene rings is 1. The first-order valence-electron chi connectivity index (χ1n) is 5.54. The summed E-state index contributed by atoms with van der Waals surface area (Å²) in [6.45, 7) is 2.08. The van der Waals surface area contributed by atoms with Gasteiger partial charge < -0.3 is 15.5 Å². The highest BCUT2D eigenvalue weighted by atomic mass is 79.9. The van der Waals surface area contributed by atoms with Gasteiger partial charge in [0.25, 0.3) is 0 Å². The first kappa shape index (κ1) is 12.7. The number of H-pyrrole nitrogens is 1. The van der Waals surface area contributed by atoms with Crippen molar-refractivity contribution in [2.45, 2.75) is 6.92 Å². The smallest absolute Gasteiger partial charge is 0.342 e. The van der Waals surface area contributed by atoms with Gasteiger partial charge in [-0.25, -0.2) is 4.79 Å². The first-order valence-corrected chi connectivity index (χ1v) is 6.33. The van der Waals surface area contributed by atoms with Gasteiger partial charge in [0.05, 0.1) is 6.61 Å². The molecule has 0 aliphatic rings. The van der Waals surface area contributed by atoms with Gasteiger partial charge in [0.15, 0.2) is 0 Å². The summed E-state index contributed by atoms with van der Waals surface area (Å²) in [5, 5.41) is 0. The van der Waals surface area contributed by atoms with E-state index in [0.717, 1.165) is 15.6 Å². The van der Waals surface area contributed by atoms with Gasteiger partial charge in [-0.2, -0.15) is 0 Å². The number of esters is 1. The van der Waals surface area contributed by atoms with E-state index in [1.165, 1.54) is 0 Å². The molecule has 3 N–H and O–H groups in total. The number of nitrogen functional groups attached to an aromatic ring is 1. The van der Waals surface area contributed by atoms with Gasteiger partial charge in [-0.05, 0) is 18.6 Å². The van der Waals surface area contributed by atoms with Gasteiger partial charge in [-0.3, -0.25) is 0 Å². The van der Waals surface area contributed by atoms with Crippen LogP contribution in [-0.2, 0) is 4.74 Å². The highest BCUT2D eigenvalue weighted by molar-refractivity contribution is 9.10. The molecule has 0 unspecified atom stereocenters. The summed E-state index contributed by atoms with van der Waals surface area (Å²) in [7, 11) is 0. The highest BCUT2D eigenvalue weighted by Gasteiger charge is 2.20. The number of carbonyl (C=O) groups is 1. The van der Waals surface area contributed by atoms with Crippen molar-refractivity contribution in [3.05, 3.63) is 40.5 Å². The molecule has 1 heterocycles. The van der Waals surface area contributed by atoms with Crippen LogP contribution in [0.4, 0.5) is 5.82 Å². The number of ether oxygens (including phenoxy) is 1. The third kappa shape index (κ3) is 2.26. The van der Waals surface area contributed by atoms with Crippen molar-refractivity contribution in [2.24, 2.45) is 0 Å². The molecule has 2 rings (SSSR count). The van der Waals surface area contributed by atoms with Crippen LogP contribution >= 0.6 is 15.9 Å². The van der Waals surface area contributed by atoms with E-state index in [0.29, 0.717) is 18.0 Å². The largest absolute Gasteiger partial charge is 0.462 e. The molecule has 0 amide bonds. The van der Waals surface area contributed by atoms with E-state index < -0.39 is 5.97 Å². The number of halogens is 1. The van der Waals surface area contributed by atoms with Crippen molar-refractivity contribution in [2.75, 3.05) is 12.3 Å². The fraction of sp³-hybridized carbons (Fsp3) is 0.154. The predicted octanol–water partition coefficient (Wildman–Crippen LogP) is 3.20. The second-order valence-corrected chi connectivity index (χ2v) is 4.55. The summed E-state index contributed by atoms with van der Waals surface area (Å²) in [4.78, 5) is 14.8. The Morgan fingerprint density at radius 2 is 2.11 bits per heavy atom. The fourth-order valence-corrected chi connectivity index (χ4v) is 2.25. The molecule has 0 radical (unpaired) electrons. The average Bonchev–Trinajstić information content (AvgIpc) is 2.72. The predicted molar refractivity (Wildman–Crippen MR) is 74.3 cm³/mol. The summed E-state index contributed by atoms with van der Waals surface area (Å²) in [5.74, 6) is -0.0961. The molecule has 0 saturated heterocycles. The number of aromatic amines is 1. The zero-order valence-electron chi connectivity index (χ0n) is 9.87. The minimum absolute atomic E-state index is 0.318. The number of anilines is 1. The Morgan fingerprint density at radius 1 is 1.39 bits per heavy atom. The lowest BCUT2D eigenvalue weighted by molar-refractivity contribution is 0.0528. The Balaban J connectivity index is 2.53. The van der Waals surface area contributed by atoms with E-state index in [4.69, 9.17) is 10.5 Å². The van der Waals surface area contributed by atoms with Crippen LogP contribution in [0.15, 0.2) is 34.9 Å². The van der Waals surface area contributed by atoms with Crippen LogP contribution in [-0.4, -0.2) is 17.6 Å². The SMILES string of the molecule is CCOC(=O)c1c(-c2ccccc2Br)c[nH]c1N. The van der Waals surface area contributed by atoms with Crippen LogP contribution < -0.4 is 5.73 Å². The lowest BCUT2D eigenvalue weighted by Crippen LogP contribution is -2.07. The molecule has 0 aliphatic carbocycles. The first-order chi connectivity index (χ1) is 8.65. The number of hydrogen-bond donors (Lipinski definition) is 2. The number of hydrogen-bond acceptors (Lipinski definition) is 3. The number of aromatic nitrogens is 1. The summed E-state index contributed by atoms with van der Waals surface area (Å²) in [6, 6.07) is 7.63. The van der Waals surface area contributed by atoms with Crippen LogP contribution in [0.25, 0.3) is 11.1 Å². The molecule has 18 heavy (non-hydrogen) atoms. The van der Waals surface area contributed by atoms with Crippen molar-refractivity contribution < 1.29 is 9.53 Å². The quantitative estimate of drug-likeness (QED) is 0.856. The van der Waals surface area contributed by atoms with Crippen LogP contribution in [0.5, 0.6) is 0 Å². The molecule has 94 valence electrons. The molecule has 0 bridgehead atoms. The van der Waals surface area contributed by atoms with Crippen molar-refractivity contribution in [1.29, 1.82) is 0 Å². The third-order valence-electron chi connectivity index (χ3n) is 2.55. The fourth-order valence-electron chi connectivity index (χ4n) is 1.75. The maximum atomic E-state index is 11.9. The molecular formula is C13H13BrN2O2. The van der Waals surface area contributed by atoms with Crippen molar-refractivity contribution >= 4 is 27.7 Å². The van der Waals surface area contributed by atoms with Gasteiger partial charge in [0, 0.05) is 16.2 Å². The lowest BCUT2D eigenvalue weighted by Gasteiger charge is -2.06. The number of nitrogens with one attached hydrogen (secondary N) is 1. The van der Waals surface area contributed by atoms with E-state index in [-0.39, 0.29) is 0 Å². The lowest BCUT2D eigenvalue weighted by atomic mass is 10.0. The Morgan fingerprint density at radius 3 is 2.78 bits per heavy atom. The molecule has 1 aromatic carbocycles. The van der Waals surface area contributed by atoms with Crippen LogP contribution in [0.2, 0.25) is 0 Å². The zero-order valence-corrected chi connectivity index (χ0v) is 11.5. The minimum Gasteiger partial charge on any atom is -0.462 e. The normalized spacial score (nSPS) is 10.3. The van der Waals surface area contributed by atoms with Gasteiger partial charge in [-0.15, -0.1) is 0 Å². The van der Waals surface area contributed by atoms with Gasteiger partial charge in [-0.1, -0.05) is 34.1 Å². The Labute approximate surface area is 113 Å². The Kier molecular flexibility index (Phi) is 3.72. The van der Waals surface area contributed by atoms with E-state index in [1.807, 2.05) is 24.3 Å². The van der Waals surface area contributed by atoms with E-state index in [9.17, 15) is 4.79 Å². The molecule has 0 atom stereocenters. The van der Waals surface area contributed by atoms with Gasteiger partial charge in [0.1, 0.15) is 11.4 Å². The summed E-state index contributed by atoms with van der Waals surface area (Å²) >= 11 is 3.46. The molecule has 0 aliphatic heterocycles. The maximum Gasteiger partial charge on any atom is 0.342 e. The standard InChI is InChI=1S/C13H13BrN2O2/c1-2-18-13(17)11-9(7-16-12(11)15)8-5-3-4-6-10(8)14/h3-7,16H,2,15H2,1H3. The second kappa shape index (κ2) is 5.27. The van der Waals surface area contributed by atoms with Crippen molar-refractivity contribution in [3.8, 4) is 11.1 Å². The Hall–Kier alpha value is -1.75. The second-order valence-electron chi connectivity index (χ2n) is 3.69. The number of carbonyl (C=O) groups excluding carboxylic acids is 1. The van der Waals surface area contributed by atoms with Gasteiger partial charge in [0.2, 0.25) is 0 Å². The molecule has 0 spiro atoms. The van der Waals surface area contributed by atoms with Crippen LogP contribution in [0.1, 0.15) is 17.3 Å². The van der Waals surface area contributed by atoms with Crippen LogP contribution in [0, 0.1) is 0 Å². The number of rotatable bonds is 3. The maximum absolute atomic E-state index is 11.9. The molecule has 5 heteroatoms. The average molecular weight is 309 g/mol. The van der Waals surface area contributed by atoms with E-state index in [1.54, 1.807) is 13.1 Å². The molecule has 4 nitrogen and oxygen atoms in total. The van der Waals surface area contributed by atoms with Crippen molar-refractivity contribution in [3.63, 3.8) is 0 Å². The topological polar surface area (TPSA) is 68.1 Å². The van der Waals surface area contributed by atoms with E-state index in [2.05, 4.69) is 20.9 Å². The summed E-state index contributed by atoms with van der Waals surface area (Å²) in [6.07, 6.45) is 1.71. The summed E-state index contributed by atoms with van der Waals surface area (Å²) in [5.41, 5.74) is 7.80. The summed E-state index contributed by atoms with van der Waals surface area (Å²) < 4.78 is 5.91. The molecule has 0 saturated carbocycles. The van der Waals surface area contributed by atoms with Gasteiger partial charge >= 0.3 is 5.97 Å². The van der Waals surface area contributed by atoms with Crippen LogP contribution in [0.3, 0.4) is 0 Å². The molecule has 2 aromatic rings. The zero-order chi connectivity index (χ0) is 13.1. The third-order valence-corrected chi connectivity index (χ3v) is 3.25. The van der Waals surface area contributed by atoms with Crippen molar-refractivity contribution in [1.82, 2.24) is 4.98 Å². The minimum atomic E-state index is -0.415. The molecule has 0 fully saturated rings. The van der Waals surface area contributed by atoms with E-state index >= 15 is 0 Å². The molecular weight excluding hydrogens is 296 g/mol. The monoisotopic (exact) mass is 308 g/mol. The Bertz CT molecular complexity index is 578. The molecule has 1 aromatic heterocycles.